The molecule has 0 aliphatic heterocycles. The standard InChI is InChI=1S/3C8H6O4.U/c3*9-7(10)5-3-1-2-4-6(5)8(11)12;/h3*1-4H,(H,9,10)(H,11,12);/p-6. The van der Waals surface area contributed by atoms with Crippen molar-refractivity contribution in [3.05, 3.63) is 106 Å². The van der Waals surface area contributed by atoms with Gasteiger partial charge in [0.1, 0.15) is 0 Å². The number of rotatable bonds is 6. The molecule has 0 fully saturated rings. The average molecular weight is 730 g/mol. The summed E-state index contributed by atoms with van der Waals surface area (Å²) >= 11 is 0. The molecule has 0 amide bonds. The van der Waals surface area contributed by atoms with Crippen molar-refractivity contribution >= 4 is 35.8 Å². The molecule has 0 aliphatic rings. The first-order valence-electron chi connectivity index (χ1n) is 9.43. The van der Waals surface area contributed by atoms with E-state index in [1.165, 1.54) is 36.4 Å². The third-order valence-electron chi connectivity index (χ3n) is 4.10. The summed E-state index contributed by atoms with van der Waals surface area (Å²) < 4.78 is 0. The monoisotopic (exact) mass is 730 g/mol. The van der Waals surface area contributed by atoms with Crippen molar-refractivity contribution in [2.75, 3.05) is 0 Å². The van der Waals surface area contributed by atoms with Gasteiger partial charge >= 0.3 is 0 Å². The van der Waals surface area contributed by atoms with Crippen LogP contribution >= 0.6 is 0 Å². The summed E-state index contributed by atoms with van der Waals surface area (Å²) in [5.74, 6) is -9.11. The molecule has 0 aliphatic carbocycles. The van der Waals surface area contributed by atoms with Gasteiger partial charge in [0, 0.05) is 64.5 Å². The van der Waals surface area contributed by atoms with E-state index in [1.807, 2.05) is 0 Å². The molecule has 0 saturated carbocycles. The Balaban J connectivity index is 0.000000518. The summed E-state index contributed by atoms with van der Waals surface area (Å²) in [6.07, 6.45) is 0. The van der Waals surface area contributed by atoms with Crippen molar-refractivity contribution in [3.63, 3.8) is 0 Å². The van der Waals surface area contributed by atoms with Gasteiger partial charge in [-0.05, 0) is 0 Å². The predicted molar refractivity (Wildman–Crippen MR) is 105 cm³/mol. The van der Waals surface area contributed by atoms with Crippen molar-refractivity contribution in [2.24, 2.45) is 0 Å². The zero-order chi connectivity index (χ0) is 27.4. The van der Waals surface area contributed by atoms with Crippen molar-refractivity contribution in [3.8, 4) is 0 Å². The number of carboxylic acid groups (broad SMARTS) is 6. The predicted octanol–water partition coefficient (Wildman–Crippen LogP) is -4.76. The van der Waals surface area contributed by atoms with E-state index in [0.29, 0.717) is 0 Å². The number of carboxylic acids is 6. The largest absolute Gasteiger partial charge is 0.545 e. The number of hydrogen-bond acceptors (Lipinski definition) is 12. The van der Waals surface area contributed by atoms with Crippen LogP contribution in [0.4, 0.5) is 0 Å². The van der Waals surface area contributed by atoms with E-state index >= 15 is 0 Å². The molecular formula is C24H12O12U-6. The molecule has 3 aromatic carbocycles. The third kappa shape index (κ3) is 9.97. The normalized spacial score (nSPS) is 9.08. The second-order valence-electron chi connectivity index (χ2n) is 6.36. The first-order chi connectivity index (χ1) is 16.9. The summed E-state index contributed by atoms with van der Waals surface area (Å²) in [5.41, 5.74) is -2.18. The first kappa shape index (κ1) is 32.5. The van der Waals surface area contributed by atoms with Crippen molar-refractivity contribution < 1.29 is 90.5 Å². The average Bonchev–Trinajstić information content (AvgIpc) is 2.84. The molecular weight excluding hydrogens is 718 g/mol. The molecule has 3 aromatic rings. The second kappa shape index (κ2) is 15.5. The Kier molecular flexibility index (Phi) is 13.6. The summed E-state index contributed by atoms with van der Waals surface area (Å²) in [7, 11) is 0. The van der Waals surface area contributed by atoms with Gasteiger partial charge in [0.15, 0.2) is 0 Å². The Morgan fingerprint density at radius 2 is 0.432 bits per heavy atom. The molecule has 0 saturated heterocycles. The van der Waals surface area contributed by atoms with Crippen molar-refractivity contribution in [1.29, 1.82) is 0 Å². The fourth-order valence-corrected chi connectivity index (χ4v) is 2.52. The van der Waals surface area contributed by atoms with Gasteiger partial charge in [-0.2, -0.15) is 0 Å². The van der Waals surface area contributed by atoms with Gasteiger partial charge in [-0.25, -0.2) is 0 Å². The Labute approximate surface area is 231 Å². The molecule has 0 aromatic heterocycles. The van der Waals surface area contributed by atoms with Gasteiger partial charge in [-0.3, -0.25) is 0 Å². The number of benzene rings is 3. The molecule has 0 radical (unpaired) electrons. The Morgan fingerprint density at radius 3 is 0.514 bits per heavy atom. The Morgan fingerprint density at radius 1 is 0.324 bits per heavy atom. The zero-order valence-corrected chi connectivity index (χ0v) is 22.5. The molecule has 0 spiro atoms. The van der Waals surface area contributed by atoms with Crippen LogP contribution in [0.2, 0.25) is 0 Å². The van der Waals surface area contributed by atoms with Gasteiger partial charge in [0.25, 0.3) is 0 Å². The van der Waals surface area contributed by atoms with E-state index < -0.39 is 35.8 Å². The second-order valence-corrected chi connectivity index (χ2v) is 6.36. The molecule has 12 nitrogen and oxygen atoms in total. The molecule has 0 unspecified atom stereocenters. The smallest absolute Gasteiger partial charge is 0.0721 e. The van der Waals surface area contributed by atoms with Crippen LogP contribution in [0.1, 0.15) is 62.1 Å². The van der Waals surface area contributed by atoms with Crippen LogP contribution < -0.4 is 30.6 Å². The van der Waals surface area contributed by atoms with Crippen LogP contribution in [0, 0.1) is 31.1 Å². The molecule has 0 bridgehead atoms. The zero-order valence-electron chi connectivity index (χ0n) is 18.3. The van der Waals surface area contributed by atoms with Crippen LogP contribution in [0.15, 0.2) is 72.8 Å². The Hall–Kier alpha value is -4.47. The SMILES string of the molecule is O=C([O-])c1ccccc1C(=O)[O-].O=C([O-])c1ccccc1C(=O)[O-].O=C([O-])c1ccccc1C(=O)[O-].[U]. The fourth-order valence-electron chi connectivity index (χ4n) is 2.52. The molecule has 0 heterocycles. The molecule has 0 atom stereocenters. The number of hydrogen-bond donors (Lipinski definition) is 0. The van der Waals surface area contributed by atoms with E-state index in [-0.39, 0.29) is 64.5 Å². The summed E-state index contributed by atoms with van der Waals surface area (Å²) in [4.78, 5) is 61.9. The number of carbonyl (C=O) groups excluding carboxylic acids is 6. The Bertz CT molecular complexity index is 1060. The summed E-state index contributed by atoms with van der Waals surface area (Å²) in [5, 5.41) is 61.9. The molecule has 3 rings (SSSR count). The van der Waals surface area contributed by atoms with Gasteiger partial charge in [0.05, 0.1) is 35.8 Å². The molecule has 13 heteroatoms. The van der Waals surface area contributed by atoms with E-state index in [0.717, 1.165) is 36.4 Å². The van der Waals surface area contributed by atoms with Crippen LogP contribution in [-0.4, -0.2) is 35.8 Å². The van der Waals surface area contributed by atoms with Crippen molar-refractivity contribution in [2.45, 2.75) is 0 Å². The number of carbonyl (C=O) groups is 6. The summed E-state index contributed by atoms with van der Waals surface area (Å²) in [6.45, 7) is 0. The van der Waals surface area contributed by atoms with Crippen LogP contribution in [-0.2, 0) is 0 Å². The quantitative estimate of drug-likeness (QED) is 0.232. The van der Waals surface area contributed by atoms with Crippen LogP contribution in [0.5, 0.6) is 0 Å². The minimum atomic E-state index is -1.52. The van der Waals surface area contributed by atoms with Crippen LogP contribution in [0.3, 0.4) is 0 Å². The van der Waals surface area contributed by atoms with Gasteiger partial charge in [-0.15, -0.1) is 0 Å². The third-order valence-corrected chi connectivity index (χ3v) is 4.10. The minimum Gasteiger partial charge on any atom is -0.545 e. The van der Waals surface area contributed by atoms with E-state index in [9.17, 15) is 59.4 Å². The maximum Gasteiger partial charge on any atom is 0.0721 e. The van der Waals surface area contributed by atoms with Gasteiger partial charge in [-0.1, -0.05) is 72.8 Å². The van der Waals surface area contributed by atoms with Crippen LogP contribution in [0.25, 0.3) is 0 Å². The molecule has 190 valence electrons. The maximum absolute atomic E-state index is 10.3. The van der Waals surface area contributed by atoms with Gasteiger partial charge < -0.3 is 59.4 Å². The van der Waals surface area contributed by atoms with E-state index in [1.54, 1.807) is 0 Å². The van der Waals surface area contributed by atoms with Crippen molar-refractivity contribution in [1.82, 2.24) is 0 Å². The number of aromatic carboxylic acids is 6. The molecule has 37 heavy (non-hydrogen) atoms. The van der Waals surface area contributed by atoms with E-state index in [2.05, 4.69) is 0 Å². The molecule has 0 N–H and O–H groups in total. The minimum absolute atomic E-state index is 0. The maximum atomic E-state index is 10.3. The summed E-state index contributed by atoms with van der Waals surface area (Å²) in [6, 6.07) is 15.4. The fraction of sp³-hybridized carbons (Fsp3) is 0. The van der Waals surface area contributed by atoms with Gasteiger partial charge in [0.2, 0.25) is 0 Å². The van der Waals surface area contributed by atoms with E-state index in [4.69, 9.17) is 0 Å². The first-order valence-corrected chi connectivity index (χ1v) is 9.43. The topological polar surface area (TPSA) is 241 Å².